The zero-order chi connectivity index (χ0) is 23.3. The van der Waals surface area contributed by atoms with Gasteiger partial charge in [0.1, 0.15) is 5.75 Å². The second-order valence-corrected chi connectivity index (χ2v) is 7.81. The summed E-state index contributed by atoms with van der Waals surface area (Å²) in [5, 5.41) is 22.5. The molecule has 0 radical (unpaired) electrons. The number of phenolic OH excluding ortho intramolecular Hbond substituents is 1. The van der Waals surface area contributed by atoms with Crippen molar-refractivity contribution in [3.8, 4) is 16.9 Å². The molecule has 1 amide bonds. The molecule has 0 atom stereocenters. The molecule has 0 saturated carbocycles. The largest absolute Gasteiger partial charge is 0.507 e. The summed E-state index contributed by atoms with van der Waals surface area (Å²) in [6.07, 6.45) is 0. The van der Waals surface area contributed by atoms with Gasteiger partial charge in [-0.2, -0.15) is 0 Å². The Kier molecular flexibility index (Phi) is 7.12. The van der Waals surface area contributed by atoms with E-state index in [0.717, 1.165) is 29.9 Å². The standard InChI is InChI=1S/C25H27N3O4/c1-27(2)13-14-28(3)19-10-12-23(29)21(16-19)24(30)26-22-15-18(9-11-20(22)25(31)32)17-7-5-4-6-8-17/h4-12,15-16,29H,13-14H2,1-3H3,(H,26,30)(H,31,32). The lowest BCUT2D eigenvalue weighted by Crippen LogP contribution is -2.28. The number of nitrogens with zero attached hydrogens (tertiary/aromatic N) is 2. The van der Waals surface area contributed by atoms with Gasteiger partial charge in [0, 0.05) is 25.8 Å². The van der Waals surface area contributed by atoms with Crippen LogP contribution in [0.2, 0.25) is 0 Å². The lowest BCUT2D eigenvalue weighted by atomic mass is 10.0. The maximum atomic E-state index is 13.0. The quantitative estimate of drug-likeness (QED) is 0.497. The zero-order valence-electron chi connectivity index (χ0n) is 18.4. The van der Waals surface area contributed by atoms with Gasteiger partial charge >= 0.3 is 5.97 Å². The predicted molar refractivity (Wildman–Crippen MR) is 127 cm³/mol. The molecule has 3 aromatic carbocycles. The average molecular weight is 434 g/mol. The summed E-state index contributed by atoms with van der Waals surface area (Å²) in [6.45, 7) is 1.56. The minimum atomic E-state index is -1.15. The molecule has 0 heterocycles. The normalized spacial score (nSPS) is 10.8. The number of aromatic hydroxyl groups is 1. The molecule has 0 aliphatic rings. The summed E-state index contributed by atoms with van der Waals surface area (Å²) in [5.41, 5.74) is 2.64. The number of hydrogen-bond acceptors (Lipinski definition) is 5. The number of phenols is 1. The number of hydrogen-bond donors (Lipinski definition) is 3. The summed E-state index contributed by atoms with van der Waals surface area (Å²) in [6, 6.07) is 19.1. The predicted octanol–water partition coefficient (Wildman–Crippen LogP) is 4.01. The number of carboxylic acid groups (broad SMARTS) is 1. The Balaban J connectivity index is 1.91. The Morgan fingerprint density at radius 3 is 2.22 bits per heavy atom. The third kappa shape index (κ3) is 5.44. The molecule has 0 spiro atoms. The number of nitrogens with one attached hydrogen (secondary N) is 1. The Labute approximate surface area is 187 Å². The molecule has 7 heteroatoms. The first-order chi connectivity index (χ1) is 15.3. The second kappa shape index (κ2) is 9.98. The molecule has 7 nitrogen and oxygen atoms in total. The highest BCUT2D eigenvalue weighted by molar-refractivity contribution is 6.10. The van der Waals surface area contributed by atoms with Gasteiger partial charge in [-0.05, 0) is 55.6 Å². The second-order valence-electron chi connectivity index (χ2n) is 7.81. The van der Waals surface area contributed by atoms with Crippen molar-refractivity contribution in [1.29, 1.82) is 0 Å². The SMILES string of the molecule is CN(C)CCN(C)c1ccc(O)c(C(=O)Nc2cc(-c3ccccc3)ccc2C(=O)O)c1. The molecule has 166 valence electrons. The van der Waals surface area contributed by atoms with Crippen LogP contribution in [0.15, 0.2) is 66.7 Å². The number of amides is 1. The van der Waals surface area contributed by atoms with E-state index < -0.39 is 11.9 Å². The van der Waals surface area contributed by atoms with E-state index in [1.165, 1.54) is 12.1 Å². The van der Waals surface area contributed by atoms with Gasteiger partial charge in [-0.15, -0.1) is 0 Å². The molecular weight excluding hydrogens is 406 g/mol. The lowest BCUT2D eigenvalue weighted by Gasteiger charge is -2.22. The summed E-state index contributed by atoms with van der Waals surface area (Å²) < 4.78 is 0. The van der Waals surface area contributed by atoms with Gasteiger partial charge in [-0.25, -0.2) is 4.79 Å². The van der Waals surface area contributed by atoms with E-state index in [0.29, 0.717) is 0 Å². The topological polar surface area (TPSA) is 93.1 Å². The van der Waals surface area contributed by atoms with Crippen LogP contribution in [0.5, 0.6) is 5.75 Å². The highest BCUT2D eigenvalue weighted by Gasteiger charge is 2.18. The molecule has 0 aliphatic heterocycles. The lowest BCUT2D eigenvalue weighted by molar-refractivity contribution is 0.0698. The maximum Gasteiger partial charge on any atom is 0.337 e. The summed E-state index contributed by atoms with van der Waals surface area (Å²) in [4.78, 5) is 28.8. The van der Waals surface area contributed by atoms with Crippen molar-refractivity contribution in [3.05, 3.63) is 77.9 Å². The van der Waals surface area contributed by atoms with Crippen LogP contribution < -0.4 is 10.2 Å². The Morgan fingerprint density at radius 2 is 1.56 bits per heavy atom. The van der Waals surface area contributed by atoms with E-state index in [2.05, 4.69) is 10.2 Å². The van der Waals surface area contributed by atoms with E-state index in [1.54, 1.807) is 24.3 Å². The molecule has 0 unspecified atom stereocenters. The molecule has 3 N–H and O–H groups in total. The average Bonchev–Trinajstić information content (AvgIpc) is 2.78. The molecule has 3 aromatic rings. The fraction of sp³-hybridized carbons (Fsp3) is 0.200. The summed E-state index contributed by atoms with van der Waals surface area (Å²) in [5.74, 6) is -1.91. The number of aromatic carboxylic acids is 1. The van der Waals surface area contributed by atoms with E-state index >= 15 is 0 Å². The fourth-order valence-corrected chi connectivity index (χ4v) is 3.26. The number of carbonyl (C=O) groups excluding carboxylic acids is 1. The minimum absolute atomic E-state index is 0.0308. The number of carbonyl (C=O) groups is 2. The maximum absolute atomic E-state index is 13.0. The zero-order valence-corrected chi connectivity index (χ0v) is 18.4. The highest BCUT2D eigenvalue weighted by Crippen LogP contribution is 2.28. The number of benzene rings is 3. The van der Waals surface area contributed by atoms with Crippen LogP contribution in [0.3, 0.4) is 0 Å². The first-order valence-electron chi connectivity index (χ1n) is 10.2. The molecule has 0 fully saturated rings. The van der Waals surface area contributed by atoms with Gasteiger partial charge in [0.2, 0.25) is 0 Å². The van der Waals surface area contributed by atoms with Crippen molar-refractivity contribution < 1.29 is 19.8 Å². The van der Waals surface area contributed by atoms with E-state index in [1.807, 2.05) is 56.4 Å². The van der Waals surface area contributed by atoms with Crippen molar-refractivity contribution in [2.75, 3.05) is 44.4 Å². The van der Waals surface area contributed by atoms with Gasteiger partial charge in [-0.3, -0.25) is 4.79 Å². The van der Waals surface area contributed by atoms with Crippen LogP contribution in [-0.2, 0) is 0 Å². The van der Waals surface area contributed by atoms with Gasteiger partial charge < -0.3 is 25.3 Å². The number of carboxylic acids is 1. The Bertz CT molecular complexity index is 1110. The fourth-order valence-electron chi connectivity index (χ4n) is 3.26. The smallest absolute Gasteiger partial charge is 0.337 e. The third-order valence-electron chi connectivity index (χ3n) is 5.15. The molecule has 0 saturated heterocycles. The van der Waals surface area contributed by atoms with Crippen LogP contribution in [-0.4, -0.2) is 61.2 Å². The van der Waals surface area contributed by atoms with Crippen LogP contribution in [0, 0.1) is 0 Å². The molecular formula is C25H27N3O4. The molecule has 0 aromatic heterocycles. The third-order valence-corrected chi connectivity index (χ3v) is 5.15. The van der Waals surface area contributed by atoms with Gasteiger partial charge in [0.15, 0.2) is 0 Å². The molecule has 0 bridgehead atoms. The van der Waals surface area contributed by atoms with E-state index in [9.17, 15) is 19.8 Å². The number of anilines is 2. The van der Waals surface area contributed by atoms with E-state index in [4.69, 9.17) is 0 Å². The Hall–Kier alpha value is -3.84. The Morgan fingerprint density at radius 1 is 0.844 bits per heavy atom. The molecule has 0 aliphatic carbocycles. The number of rotatable bonds is 8. The minimum Gasteiger partial charge on any atom is -0.507 e. The highest BCUT2D eigenvalue weighted by atomic mass is 16.4. The van der Waals surface area contributed by atoms with Crippen molar-refractivity contribution in [2.24, 2.45) is 0 Å². The van der Waals surface area contributed by atoms with Crippen molar-refractivity contribution in [1.82, 2.24) is 4.90 Å². The van der Waals surface area contributed by atoms with Gasteiger partial charge in [0.25, 0.3) is 5.91 Å². The first kappa shape index (κ1) is 22.8. The number of likely N-dealkylation sites (N-methyl/N-ethyl adjacent to an activating group) is 2. The molecule has 32 heavy (non-hydrogen) atoms. The summed E-state index contributed by atoms with van der Waals surface area (Å²) >= 11 is 0. The van der Waals surface area contributed by atoms with E-state index in [-0.39, 0.29) is 22.6 Å². The van der Waals surface area contributed by atoms with Gasteiger partial charge in [-0.1, -0.05) is 36.4 Å². The van der Waals surface area contributed by atoms with Crippen LogP contribution in [0.4, 0.5) is 11.4 Å². The van der Waals surface area contributed by atoms with Crippen LogP contribution >= 0.6 is 0 Å². The summed E-state index contributed by atoms with van der Waals surface area (Å²) in [7, 11) is 5.86. The van der Waals surface area contributed by atoms with Crippen LogP contribution in [0.1, 0.15) is 20.7 Å². The monoisotopic (exact) mass is 433 g/mol. The van der Waals surface area contributed by atoms with Crippen molar-refractivity contribution >= 4 is 23.3 Å². The van der Waals surface area contributed by atoms with Crippen LogP contribution in [0.25, 0.3) is 11.1 Å². The first-order valence-corrected chi connectivity index (χ1v) is 10.2. The van der Waals surface area contributed by atoms with Crippen molar-refractivity contribution in [2.45, 2.75) is 0 Å². The molecule has 3 rings (SSSR count). The van der Waals surface area contributed by atoms with Gasteiger partial charge in [0.05, 0.1) is 16.8 Å². The van der Waals surface area contributed by atoms with Crippen molar-refractivity contribution in [3.63, 3.8) is 0 Å².